The molecule has 0 aliphatic rings. The average molecular weight is 300 g/mol. The number of carbonyl (C=O) groups is 1. The smallest absolute Gasteiger partial charge is 0.217 e. The zero-order chi connectivity index (χ0) is 15.7. The molecule has 0 saturated heterocycles. The topological polar surface area (TPSA) is 58.9 Å². The van der Waals surface area contributed by atoms with Crippen molar-refractivity contribution in [3.05, 3.63) is 59.7 Å². The fourth-order valence-electron chi connectivity index (χ4n) is 2.59. The van der Waals surface area contributed by atoms with Gasteiger partial charge in [0.15, 0.2) is 0 Å². The number of aryl methyl sites for hydroxylation is 1. The fraction of sp³-hybridized carbons (Fsp3) is 0.118. The Kier molecular flexibility index (Phi) is 3.63. The summed E-state index contributed by atoms with van der Waals surface area (Å²) in [6.45, 7) is 0. The molecule has 1 aromatic heterocycles. The van der Waals surface area contributed by atoms with Gasteiger partial charge in [-0.15, -0.1) is 0 Å². The third kappa shape index (κ3) is 2.70. The van der Waals surface area contributed by atoms with Crippen LogP contribution in [0.4, 0.5) is 8.78 Å². The van der Waals surface area contributed by atoms with Crippen LogP contribution in [-0.2, 0) is 11.2 Å². The van der Waals surface area contributed by atoms with E-state index in [0.717, 1.165) is 22.3 Å². The summed E-state index contributed by atoms with van der Waals surface area (Å²) in [7, 11) is 0. The normalized spacial score (nSPS) is 11.0. The quantitative estimate of drug-likeness (QED) is 0.761. The Morgan fingerprint density at radius 3 is 2.41 bits per heavy atom. The van der Waals surface area contributed by atoms with Crippen molar-refractivity contribution in [2.75, 3.05) is 0 Å². The number of aromatic amines is 1. The molecule has 0 aliphatic carbocycles. The molecule has 2 aromatic carbocycles. The molecule has 0 radical (unpaired) electrons. The lowest BCUT2D eigenvalue weighted by Gasteiger charge is -2.04. The van der Waals surface area contributed by atoms with Crippen LogP contribution in [0.2, 0.25) is 0 Å². The number of aromatic nitrogens is 1. The van der Waals surface area contributed by atoms with Crippen LogP contribution in [0.3, 0.4) is 0 Å². The summed E-state index contributed by atoms with van der Waals surface area (Å²) in [6.07, 6.45) is 0.559. The van der Waals surface area contributed by atoms with E-state index in [1.165, 1.54) is 24.3 Å². The number of primary amides is 1. The number of H-pyrrole nitrogens is 1. The molecule has 3 N–H and O–H groups in total. The number of halogens is 2. The first-order valence-corrected chi connectivity index (χ1v) is 6.89. The first-order chi connectivity index (χ1) is 10.5. The lowest BCUT2D eigenvalue weighted by molar-refractivity contribution is -0.117. The largest absolute Gasteiger partial charge is 0.370 e. The number of amides is 1. The minimum Gasteiger partial charge on any atom is -0.370 e. The number of carbonyl (C=O) groups excluding carboxylic acids is 1. The molecule has 0 spiro atoms. The van der Waals surface area contributed by atoms with E-state index in [-0.39, 0.29) is 18.1 Å². The molecule has 112 valence electrons. The number of nitrogens with two attached hydrogens (primary N) is 1. The second-order valence-corrected chi connectivity index (χ2v) is 5.14. The fourth-order valence-corrected chi connectivity index (χ4v) is 2.59. The van der Waals surface area contributed by atoms with Gasteiger partial charge in [-0.2, -0.15) is 0 Å². The number of benzene rings is 2. The maximum atomic E-state index is 13.5. The van der Waals surface area contributed by atoms with Gasteiger partial charge < -0.3 is 10.7 Å². The number of fused-ring (bicyclic) bond motifs is 1. The summed E-state index contributed by atoms with van der Waals surface area (Å²) < 4.78 is 26.6. The summed E-state index contributed by atoms with van der Waals surface area (Å²) in [5.74, 6) is -1.10. The minimum atomic E-state index is -0.421. The van der Waals surface area contributed by atoms with Gasteiger partial charge in [0, 0.05) is 23.0 Å². The lowest BCUT2D eigenvalue weighted by atomic mass is 10.0. The van der Waals surface area contributed by atoms with E-state index in [9.17, 15) is 13.6 Å². The minimum absolute atomic E-state index is 0.164. The second kappa shape index (κ2) is 5.60. The molecule has 3 nitrogen and oxygen atoms in total. The van der Waals surface area contributed by atoms with Crippen molar-refractivity contribution in [1.29, 1.82) is 0 Å². The maximum Gasteiger partial charge on any atom is 0.217 e. The van der Waals surface area contributed by atoms with Crippen LogP contribution in [0.1, 0.15) is 12.0 Å². The Labute approximate surface area is 125 Å². The van der Waals surface area contributed by atoms with E-state index in [1.807, 2.05) is 0 Å². The number of nitrogens with one attached hydrogen (secondary N) is 1. The summed E-state index contributed by atoms with van der Waals surface area (Å²) in [4.78, 5) is 14.3. The first kappa shape index (κ1) is 14.3. The van der Waals surface area contributed by atoms with Gasteiger partial charge in [-0.25, -0.2) is 8.78 Å². The van der Waals surface area contributed by atoms with Gasteiger partial charge in [-0.1, -0.05) is 0 Å². The zero-order valence-corrected chi connectivity index (χ0v) is 11.7. The highest BCUT2D eigenvalue weighted by Gasteiger charge is 2.14. The molecule has 0 fully saturated rings. The molecule has 3 aromatic rings. The Morgan fingerprint density at radius 2 is 1.73 bits per heavy atom. The van der Waals surface area contributed by atoms with Crippen molar-refractivity contribution in [3.8, 4) is 11.3 Å². The summed E-state index contributed by atoms with van der Waals surface area (Å²) in [5, 5.41) is 0.709. The van der Waals surface area contributed by atoms with Gasteiger partial charge in [0.25, 0.3) is 0 Å². The third-order valence-electron chi connectivity index (χ3n) is 3.62. The van der Waals surface area contributed by atoms with Gasteiger partial charge in [0.2, 0.25) is 5.91 Å². The van der Waals surface area contributed by atoms with Crippen molar-refractivity contribution in [2.24, 2.45) is 5.73 Å². The zero-order valence-electron chi connectivity index (χ0n) is 11.7. The molecular formula is C17H14F2N2O. The third-order valence-corrected chi connectivity index (χ3v) is 3.62. The molecule has 0 saturated carbocycles. The first-order valence-electron chi connectivity index (χ1n) is 6.89. The van der Waals surface area contributed by atoms with Gasteiger partial charge in [0.05, 0.1) is 0 Å². The molecule has 0 aliphatic heterocycles. The maximum absolute atomic E-state index is 13.5. The molecular weight excluding hydrogens is 286 g/mol. The number of rotatable bonds is 4. The van der Waals surface area contributed by atoms with Crippen LogP contribution < -0.4 is 5.73 Å². The highest BCUT2D eigenvalue weighted by atomic mass is 19.1. The van der Waals surface area contributed by atoms with Crippen molar-refractivity contribution in [2.45, 2.75) is 12.8 Å². The predicted molar refractivity (Wildman–Crippen MR) is 81.2 cm³/mol. The van der Waals surface area contributed by atoms with E-state index in [2.05, 4.69) is 4.98 Å². The highest BCUT2D eigenvalue weighted by molar-refractivity contribution is 5.91. The summed E-state index contributed by atoms with van der Waals surface area (Å²) >= 11 is 0. The van der Waals surface area contributed by atoms with Crippen molar-refractivity contribution >= 4 is 16.8 Å². The average Bonchev–Trinajstić information content (AvgIpc) is 2.83. The van der Waals surface area contributed by atoms with Crippen LogP contribution in [0, 0.1) is 11.6 Å². The van der Waals surface area contributed by atoms with Crippen LogP contribution >= 0.6 is 0 Å². The number of hydrogen-bond donors (Lipinski definition) is 2. The van der Waals surface area contributed by atoms with Crippen LogP contribution in [-0.4, -0.2) is 10.9 Å². The van der Waals surface area contributed by atoms with Crippen molar-refractivity contribution in [3.63, 3.8) is 0 Å². The van der Waals surface area contributed by atoms with E-state index < -0.39 is 5.91 Å². The monoisotopic (exact) mass is 300 g/mol. The van der Waals surface area contributed by atoms with Gasteiger partial charge in [0.1, 0.15) is 11.6 Å². The Bertz CT molecular complexity index is 838. The van der Waals surface area contributed by atoms with Crippen LogP contribution in [0.25, 0.3) is 22.2 Å². The molecule has 5 heteroatoms. The summed E-state index contributed by atoms with van der Waals surface area (Å²) in [6, 6.07) is 10.4. The van der Waals surface area contributed by atoms with Gasteiger partial charge in [-0.3, -0.25) is 4.79 Å². The Hall–Kier alpha value is -2.69. The Balaban J connectivity index is 2.16. The van der Waals surface area contributed by atoms with Crippen LogP contribution in [0.15, 0.2) is 42.5 Å². The van der Waals surface area contributed by atoms with Crippen molar-refractivity contribution in [1.82, 2.24) is 4.98 Å². The van der Waals surface area contributed by atoms with Crippen molar-refractivity contribution < 1.29 is 13.6 Å². The SMILES string of the molecule is NC(=O)CCc1c(-c2ccc(F)cc2)[nH]c2ccc(F)cc12. The molecule has 0 bridgehead atoms. The standard InChI is InChI=1S/C17H14F2N2O/c18-11-3-1-10(2-4-11)17-13(6-8-16(20)22)14-9-12(19)5-7-15(14)21-17/h1-5,7,9,21H,6,8H2,(H2,20,22). The predicted octanol–water partition coefficient (Wildman–Crippen LogP) is 3.53. The van der Waals surface area contributed by atoms with E-state index in [0.29, 0.717) is 11.8 Å². The summed E-state index contributed by atoms with van der Waals surface area (Å²) in [5.41, 5.74) is 8.32. The molecule has 3 rings (SSSR count). The van der Waals surface area contributed by atoms with Crippen LogP contribution in [0.5, 0.6) is 0 Å². The van der Waals surface area contributed by atoms with E-state index in [1.54, 1.807) is 18.2 Å². The lowest BCUT2D eigenvalue weighted by Crippen LogP contribution is -2.11. The van der Waals surface area contributed by atoms with Gasteiger partial charge >= 0.3 is 0 Å². The highest BCUT2D eigenvalue weighted by Crippen LogP contribution is 2.31. The number of hydrogen-bond acceptors (Lipinski definition) is 1. The molecule has 1 heterocycles. The van der Waals surface area contributed by atoms with E-state index in [4.69, 9.17) is 5.73 Å². The van der Waals surface area contributed by atoms with Gasteiger partial charge in [-0.05, 0) is 60.0 Å². The second-order valence-electron chi connectivity index (χ2n) is 5.14. The molecule has 1 amide bonds. The molecule has 0 atom stereocenters. The molecule has 22 heavy (non-hydrogen) atoms. The Morgan fingerprint density at radius 1 is 1.05 bits per heavy atom. The molecule has 0 unspecified atom stereocenters. The van der Waals surface area contributed by atoms with E-state index >= 15 is 0 Å².